The summed E-state index contributed by atoms with van der Waals surface area (Å²) in [4.78, 5) is 19.6. The molecule has 1 aromatic rings. The highest BCUT2D eigenvalue weighted by Crippen LogP contribution is 2.29. The molecule has 0 N–H and O–H groups in total. The highest BCUT2D eigenvalue weighted by Gasteiger charge is 2.14. The number of ether oxygens (including phenoxy) is 2. The summed E-state index contributed by atoms with van der Waals surface area (Å²) in [5.41, 5.74) is 0. The number of nitrogens with zero attached hydrogens (tertiary/aromatic N) is 2. The lowest BCUT2D eigenvalue weighted by Crippen LogP contribution is -2.06. The van der Waals surface area contributed by atoms with Gasteiger partial charge in [-0.3, -0.25) is 0 Å². The van der Waals surface area contributed by atoms with Crippen molar-refractivity contribution in [2.45, 2.75) is 68.7 Å². The van der Waals surface area contributed by atoms with E-state index in [4.69, 9.17) is 9.47 Å². The minimum Gasteiger partial charge on any atom is -0.481 e. The Labute approximate surface area is 143 Å². The molecule has 1 rings (SSSR count). The lowest BCUT2D eigenvalue weighted by atomic mass is 10.1. The van der Waals surface area contributed by atoms with Crippen molar-refractivity contribution in [1.82, 2.24) is 9.97 Å². The molecule has 130 valence electrons. The molecule has 0 aromatic carbocycles. The number of carbonyl (C=O) groups is 1. The van der Waals surface area contributed by atoms with Crippen molar-refractivity contribution in [3.8, 4) is 11.8 Å². The molecule has 0 saturated heterocycles. The first-order chi connectivity index (χ1) is 11.2. The maximum absolute atomic E-state index is 10.9. The van der Waals surface area contributed by atoms with E-state index in [0.717, 1.165) is 19.1 Å². The van der Waals surface area contributed by atoms with Gasteiger partial charge in [0.1, 0.15) is 6.29 Å². The smallest absolute Gasteiger partial charge is 0.220 e. The van der Waals surface area contributed by atoms with Crippen LogP contribution in [0.4, 0.5) is 0 Å². The summed E-state index contributed by atoms with van der Waals surface area (Å²) in [5.74, 6) is 0.951. The van der Waals surface area contributed by atoms with Gasteiger partial charge in [-0.1, -0.05) is 57.2 Å². The van der Waals surface area contributed by atoms with Crippen molar-refractivity contribution in [2.75, 3.05) is 14.2 Å². The molecular weight excluding hydrogens is 312 g/mol. The number of unbranched alkanes of at least 4 members (excludes halogenated alkanes) is 5. The first-order valence-electron chi connectivity index (χ1n) is 8.30. The number of aromatic nitrogens is 2. The number of hydrogen-bond donors (Lipinski definition) is 0. The normalized spacial score (nSPS) is 12.0. The summed E-state index contributed by atoms with van der Waals surface area (Å²) in [6, 6.07) is 1.65. The first-order valence-corrected chi connectivity index (χ1v) is 9.18. The molecule has 0 aliphatic rings. The average Bonchev–Trinajstić information content (AvgIpc) is 2.57. The van der Waals surface area contributed by atoms with Crippen LogP contribution in [0, 0.1) is 0 Å². The molecule has 5 nitrogen and oxygen atoms in total. The van der Waals surface area contributed by atoms with Crippen LogP contribution in [0.25, 0.3) is 0 Å². The van der Waals surface area contributed by atoms with Gasteiger partial charge < -0.3 is 14.3 Å². The van der Waals surface area contributed by atoms with E-state index in [1.165, 1.54) is 43.9 Å². The van der Waals surface area contributed by atoms with Crippen molar-refractivity contribution in [2.24, 2.45) is 0 Å². The highest BCUT2D eigenvalue weighted by atomic mass is 32.2. The fourth-order valence-electron chi connectivity index (χ4n) is 2.28. The third-order valence-corrected chi connectivity index (χ3v) is 4.74. The van der Waals surface area contributed by atoms with Crippen LogP contribution >= 0.6 is 11.8 Å². The maximum atomic E-state index is 10.9. The summed E-state index contributed by atoms with van der Waals surface area (Å²) < 4.78 is 10.3. The van der Waals surface area contributed by atoms with Gasteiger partial charge in [0.2, 0.25) is 11.8 Å². The summed E-state index contributed by atoms with van der Waals surface area (Å²) >= 11 is 1.53. The Bertz CT molecular complexity index is 435. The second-order valence-electron chi connectivity index (χ2n) is 5.43. The molecule has 0 aliphatic heterocycles. The molecule has 1 unspecified atom stereocenters. The summed E-state index contributed by atoms with van der Waals surface area (Å²) in [5, 5.41) is 0.800. The van der Waals surface area contributed by atoms with Gasteiger partial charge in [0, 0.05) is 11.7 Å². The number of rotatable bonds is 13. The lowest BCUT2D eigenvalue weighted by molar-refractivity contribution is -0.107. The van der Waals surface area contributed by atoms with Crippen LogP contribution in [-0.4, -0.2) is 35.7 Å². The fourth-order valence-corrected chi connectivity index (χ4v) is 3.32. The standard InChI is InChI=1S/C17H28N2O3S/c1-4-5-6-7-8-9-10-14(11-12-20)23-17-18-15(21-2)13-16(19-17)22-3/h12-14H,4-11H2,1-3H3. The summed E-state index contributed by atoms with van der Waals surface area (Å²) in [6.07, 6.45) is 10.00. The molecule has 0 aliphatic carbocycles. The quantitative estimate of drug-likeness (QED) is 0.231. The topological polar surface area (TPSA) is 61.3 Å². The van der Waals surface area contributed by atoms with E-state index >= 15 is 0 Å². The number of hydrogen-bond acceptors (Lipinski definition) is 6. The van der Waals surface area contributed by atoms with Crippen LogP contribution in [0.15, 0.2) is 11.2 Å². The lowest BCUT2D eigenvalue weighted by Gasteiger charge is -2.13. The third kappa shape index (κ3) is 8.21. The Morgan fingerprint density at radius 1 is 1.09 bits per heavy atom. The van der Waals surface area contributed by atoms with Crippen LogP contribution in [0.2, 0.25) is 0 Å². The van der Waals surface area contributed by atoms with E-state index in [-0.39, 0.29) is 5.25 Å². The molecule has 6 heteroatoms. The van der Waals surface area contributed by atoms with Crippen molar-refractivity contribution >= 4 is 18.0 Å². The van der Waals surface area contributed by atoms with E-state index < -0.39 is 0 Å². The van der Waals surface area contributed by atoms with E-state index in [2.05, 4.69) is 16.9 Å². The van der Waals surface area contributed by atoms with Crippen molar-refractivity contribution in [3.05, 3.63) is 6.07 Å². The van der Waals surface area contributed by atoms with Crippen LogP contribution in [0.3, 0.4) is 0 Å². The average molecular weight is 340 g/mol. The minimum atomic E-state index is 0.204. The molecule has 0 spiro atoms. The first kappa shape index (κ1) is 19.7. The predicted molar refractivity (Wildman–Crippen MR) is 93.5 cm³/mol. The van der Waals surface area contributed by atoms with Crippen molar-refractivity contribution in [1.29, 1.82) is 0 Å². The van der Waals surface area contributed by atoms with Gasteiger partial charge in [0.05, 0.1) is 20.3 Å². The molecule has 23 heavy (non-hydrogen) atoms. The highest BCUT2D eigenvalue weighted by molar-refractivity contribution is 7.99. The Morgan fingerprint density at radius 3 is 2.26 bits per heavy atom. The van der Waals surface area contributed by atoms with Gasteiger partial charge in [-0.15, -0.1) is 0 Å². The Kier molecular flexibility index (Phi) is 10.4. The molecule has 0 saturated carbocycles. The Balaban J connectivity index is 2.52. The van der Waals surface area contributed by atoms with E-state index in [1.54, 1.807) is 20.3 Å². The molecule has 1 atom stereocenters. The summed E-state index contributed by atoms with van der Waals surface area (Å²) in [7, 11) is 3.13. The predicted octanol–water partition coefficient (Wildman–Crippen LogP) is 4.29. The zero-order valence-corrected chi connectivity index (χ0v) is 15.2. The van der Waals surface area contributed by atoms with Gasteiger partial charge in [-0.25, -0.2) is 0 Å². The van der Waals surface area contributed by atoms with E-state index in [0.29, 0.717) is 23.3 Å². The maximum Gasteiger partial charge on any atom is 0.220 e. The molecule has 0 bridgehead atoms. The molecule has 0 amide bonds. The van der Waals surface area contributed by atoms with Crippen LogP contribution in [-0.2, 0) is 4.79 Å². The fraction of sp³-hybridized carbons (Fsp3) is 0.706. The zero-order valence-electron chi connectivity index (χ0n) is 14.4. The molecule has 0 radical (unpaired) electrons. The monoisotopic (exact) mass is 340 g/mol. The van der Waals surface area contributed by atoms with Crippen LogP contribution in [0.1, 0.15) is 58.3 Å². The van der Waals surface area contributed by atoms with Gasteiger partial charge in [0.15, 0.2) is 5.16 Å². The SMILES string of the molecule is CCCCCCCCC(CC=O)Sc1nc(OC)cc(OC)n1. The zero-order chi connectivity index (χ0) is 16.9. The largest absolute Gasteiger partial charge is 0.481 e. The second-order valence-corrected chi connectivity index (χ2v) is 6.70. The third-order valence-electron chi connectivity index (χ3n) is 3.59. The second kappa shape index (κ2) is 12.2. The Hall–Kier alpha value is -1.30. The van der Waals surface area contributed by atoms with E-state index in [9.17, 15) is 4.79 Å². The number of methoxy groups -OCH3 is 2. The summed E-state index contributed by atoms with van der Waals surface area (Å²) in [6.45, 7) is 2.22. The van der Waals surface area contributed by atoms with Crippen molar-refractivity contribution < 1.29 is 14.3 Å². The molecule has 1 aromatic heterocycles. The van der Waals surface area contributed by atoms with Gasteiger partial charge in [-0.05, 0) is 6.42 Å². The van der Waals surface area contributed by atoms with Crippen LogP contribution < -0.4 is 9.47 Å². The van der Waals surface area contributed by atoms with Gasteiger partial charge >= 0.3 is 0 Å². The number of thioether (sulfide) groups is 1. The number of carbonyl (C=O) groups excluding carboxylic acids is 1. The van der Waals surface area contributed by atoms with Gasteiger partial charge in [0.25, 0.3) is 0 Å². The van der Waals surface area contributed by atoms with E-state index in [1.807, 2.05) is 0 Å². The number of aldehydes is 1. The molecular formula is C17H28N2O3S. The minimum absolute atomic E-state index is 0.204. The Morgan fingerprint density at radius 2 is 1.70 bits per heavy atom. The van der Waals surface area contributed by atoms with Gasteiger partial charge in [-0.2, -0.15) is 9.97 Å². The molecule has 1 heterocycles. The van der Waals surface area contributed by atoms with Crippen LogP contribution in [0.5, 0.6) is 11.8 Å². The van der Waals surface area contributed by atoms with Crippen molar-refractivity contribution in [3.63, 3.8) is 0 Å². The molecule has 0 fully saturated rings.